The van der Waals surface area contributed by atoms with Gasteiger partial charge in [0.15, 0.2) is 17.2 Å². The number of amides is 1. The van der Waals surface area contributed by atoms with Crippen molar-refractivity contribution in [3.63, 3.8) is 0 Å². The summed E-state index contributed by atoms with van der Waals surface area (Å²) in [5.41, 5.74) is 4.22. The highest BCUT2D eigenvalue weighted by Crippen LogP contribution is 2.26. The van der Waals surface area contributed by atoms with Crippen molar-refractivity contribution in [1.29, 1.82) is 0 Å². The highest BCUT2D eigenvalue weighted by molar-refractivity contribution is 6.35. The molecule has 0 aliphatic carbocycles. The number of carbonyl (C=O) groups excluding carboxylic acids is 1. The van der Waals surface area contributed by atoms with Gasteiger partial charge in [0, 0.05) is 46.3 Å². The van der Waals surface area contributed by atoms with Gasteiger partial charge in [-0.15, -0.1) is 0 Å². The van der Waals surface area contributed by atoms with Crippen molar-refractivity contribution in [2.75, 3.05) is 5.32 Å². The Morgan fingerprint density at radius 3 is 2.66 bits per heavy atom. The molecule has 0 saturated carbocycles. The van der Waals surface area contributed by atoms with E-state index in [-0.39, 0.29) is 16.5 Å². The third-order valence-electron chi connectivity index (χ3n) is 5.57. The van der Waals surface area contributed by atoms with E-state index in [1.807, 2.05) is 30.7 Å². The summed E-state index contributed by atoms with van der Waals surface area (Å²) >= 11 is 18.5. The minimum absolute atomic E-state index is 0.178. The lowest BCUT2D eigenvalue weighted by Gasteiger charge is -2.05. The molecule has 1 amide bonds. The molecule has 0 unspecified atom stereocenters. The summed E-state index contributed by atoms with van der Waals surface area (Å²) in [7, 11) is 0. The van der Waals surface area contributed by atoms with Crippen LogP contribution < -0.4 is 5.32 Å². The van der Waals surface area contributed by atoms with Crippen molar-refractivity contribution < 1.29 is 4.79 Å². The molecule has 5 rings (SSSR count). The van der Waals surface area contributed by atoms with E-state index >= 15 is 0 Å². The summed E-state index contributed by atoms with van der Waals surface area (Å²) in [5.74, 6) is -0.244. The minimum atomic E-state index is -0.459. The van der Waals surface area contributed by atoms with Gasteiger partial charge in [-0.1, -0.05) is 40.9 Å². The molecule has 0 radical (unpaired) electrons. The van der Waals surface area contributed by atoms with Crippen LogP contribution in [0.1, 0.15) is 28.7 Å². The molecule has 178 valence electrons. The fraction of sp³-hybridized carbons (Fsp3) is 0.174. The first-order valence-electron chi connectivity index (χ1n) is 10.7. The lowest BCUT2D eigenvalue weighted by atomic mass is 10.2. The second kappa shape index (κ2) is 9.33. The SMILES string of the molecule is CCn1ncc(-c2ccnc3cc(C(=O)Nc4nn(Cc5ccc(Cl)cc5Cl)cc4Cl)nn23)c1C. The first-order chi connectivity index (χ1) is 16.8. The summed E-state index contributed by atoms with van der Waals surface area (Å²) in [6, 6.07) is 8.66. The molecule has 0 aliphatic heterocycles. The molecule has 0 saturated heterocycles. The lowest BCUT2D eigenvalue weighted by Crippen LogP contribution is -2.14. The molecule has 1 aromatic carbocycles. The maximum absolute atomic E-state index is 13.0. The first kappa shape index (κ1) is 23.3. The van der Waals surface area contributed by atoms with E-state index in [1.54, 1.807) is 46.0 Å². The molecular weight excluding hydrogens is 511 g/mol. The Morgan fingerprint density at radius 2 is 1.91 bits per heavy atom. The predicted octanol–water partition coefficient (Wildman–Crippen LogP) is 5.38. The van der Waals surface area contributed by atoms with Gasteiger partial charge >= 0.3 is 0 Å². The second-order valence-corrected chi connectivity index (χ2v) is 9.05. The average Bonchev–Trinajstić information content (AvgIpc) is 3.52. The Balaban J connectivity index is 1.40. The zero-order valence-corrected chi connectivity index (χ0v) is 21.0. The number of hydrogen-bond donors (Lipinski definition) is 1. The monoisotopic (exact) mass is 528 g/mol. The maximum atomic E-state index is 13.0. The number of aryl methyl sites for hydroxylation is 1. The number of nitrogens with zero attached hydrogens (tertiary/aromatic N) is 7. The number of hydrogen-bond acceptors (Lipinski definition) is 5. The van der Waals surface area contributed by atoms with E-state index in [2.05, 4.69) is 25.6 Å². The van der Waals surface area contributed by atoms with E-state index < -0.39 is 5.91 Å². The molecule has 9 nitrogen and oxygen atoms in total. The van der Waals surface area contributed by atoms with Gasteiger partial charge in [0.1, 0.15) is 5.02 Å². The Bertz CT molecular complexity index is 1570. The minimum Gasteiger partial charge on any atom is -0.302 e. The van der Waals surface area contributed by atoms with Crippen molar-refractivity contribution in [3.05, 3.63) is 80.9 Å². The first-order valence-corrected chi connectivity index (χ1v) is 11.8. The molecule has 0 spiro atoms. The Kier molecular flexibility index (Phi) is 6.22. The van der Waals surface area contributed by atoms with Gasteiger partial charge in [-0.05, 0) is 37.6 Å². The number of anilines is 1. The van der Waals surface area contributed by atoms with E-state index in [0.717, 1.165) is 29.1 Å². The number of benzene rings is 1. The highest BCUT2D eigenvalue weighted by Gasteiger charge is 2.19. The molecule has 0 fully saturated rings. The second-order valence-electron chi connectivity index (χ2n) is 7.80. The van der Waals surface area contributed by atoms with Crippen LogP contribution >= 0.6 is 34.8 Å². The maximum Gasteiger partial charge on any atom is 0.277 e. The van der Waals surface area contributed by atoms with Gasteiger partial charge in [-0.2, -0.15) is 15.3 Å². The summed E-state index contributed by atoms with van der Waals surface area (Å²) in [5, 5.41) is 17.3. The average molecular weight is 530 g/mol. The van der Waals surface area contributed by atoms with Crippen molar-refractivity contribution in [3.8, 4) is 11.3 Å². The van der Waals surface area contributed by atoms with Crippen LogP contribution in [0.3, 0.4) is 0 Å². The third kappa shape index (κ3) is 4.50. The molecule has 0 bridgehead atoms. The van der Waals surface area contributed by atoms with Crippen LogP contribution in [-0.4, -0.2) is 40.1 Å². The molecule has 5 aromatic rings. The van der Waals surface area contributed by atoms with Gasteiger partial charge in [0.25, 0.3) is 5.91 Å². The predicted molar refractivity (Wildman–Crippen MR) is 135 cm³/mol. The quantitative estimate of drug-likeness (QED) is 0.319. The zero-order chi connectivity index (χ0) is 24.7. The smallest absolute Gasteiger partial charge is 0.277 e. The van der Waals surface area contributed by atoms with E-state index in [1.165, 1.54) is 0 Å². The number of halogens is 3. The summed E-state index contributed by atoms with van der Waals surface area (Å²) in [6.45, 7) is 5.13. The van der Waals surface area contributed by atoms with Crippen molar-refractivity contribution in [1.82, 2.24) is 34.2 Å². The number of carbonyl (C=O) groups is 1. The van der Waals surface area contributed by atoms with Gasteiger partial charge in [0.2, 0.25) is 0 Å². The van der Waals surface area contributed by atoms with Crippen LogP contribution in [0.2, 0.25) is 15.1 Å². The summed E-state index contributed by atoms with van der Waals surface area (Å²) < 4.78 is 5.11. The Labute approximate surface area is 215 Å². The van der Waals surface area contributed by atoms with Crippen LogP contribution in [0.5, 0.6) is 0 Å². The van der Waals surface area contributed by atoms with Gasteiger partial charge in [0.05, 0.1) is 18.4 Å². The number of fused-ring (bicyclic) bond motifs is 1. The van der Waals surface area contributed by atoms with Crippen molar-refractivity contribution in [2.24, 2.45) is 0 Å². The molecule has 0 aliphatic rings. The normalized spacial score (nSPS) is 11.3. The van der Waals surface area contributed by atoms with E-state index in [4.69, 9.17) is 34.8 Å². The topological polar surface area (TPSA) is 94.9 Å². The number of rotatable bonds is 6. The van der Waals surface area contributed by atoms with Crippen molar-refractivity contribution >= 4 is 52.2 Å². The van der Waals surface area contributed by atoms with E-state index in [0.29, 0.717) is 22.2 Å². The number of aromatic nitrogens is 7. The van der Waals surface area contributed by atoms with Gasteiger partial charge in [-0.25, -0.2) is 9.50 Å². The van der Waals surface area contributed by atoms with Crippen molar-refractivity contribution in [2.45, 2.75) is 26.9 Å². The molecule has 12 heteroatoms. The molecule has 4 heterocycles. The third-order valence-corrected chi connectivity index (χ3v) is 6.43. The molecule has 0 atom stereocenters. The standard InChI is InChI=1S/C23H19Cl3N8O/c1-3-33-13(2)16(10-28-33)20-6-7-27-21-9-19(30-34(20)21)23(35)29-22-18(26)12-32(31-22)11-14-4-5-15(24)8-17(14)25/h4-10,12H,3,11H2,1-2H3,(H,29,31,35). The largest absolute Gasteiger partial charge is 0.302 e. The zero-order valence-electron chi connectivity index (χ0n) is 18.7. The van der Waals surface area contributed by atoms with Crippen LogP contribution in [0.15, 0.2) is 48.9 Å². The fourth-order valence-corrected chi connectivity index (χ4v) is 4.45. The van der Waals surface area contributed by atoms with Crippen LogP contribution in [0.25, 0.3) is 16.9 Å². The van der Waals surface area contributed by atoms with Crippen LogP contribution in [-0.2, 0) is 13.1 Å². The Morgan fingerprint density at radius 1 is 1.09 bits per heavy atom. The Hall–Kier alpha value is -3.40. The van der Waals surface area contributed by atoms with Crippen LogP contribution in [0, 0.1) is 6.92 Å². The highest BCUT2D eigenvalue weighted by atomic mass is 35.5. The summed E-state index contributed by atoms with van der Waals surface area (Å²) in [6.07, 6.45) is 5.07. The molecule has 1 N–H and O–H groups in total. The van der Waals surface area contributed by atoms with Gasteiger partial charge in [-0.3, -0.25) is 14.2 Å². The number of nitrogens with one attached hydrogen (secondary N) is 1. The lowest BCUT2D eigenvalue weighted by molar-refractivity contribution is 0.102. The van der Waals surface area contributed by atoms with E-state index in [9.17, 15) is 4.79 Å². The van der Waals surface area contributed by atoms with Crippen LogP contribution in [0.4, 0.5) is 5.82 Å². The fourth-order valence-electron chi connectivity index (χ4n) is 3.79. The molecule has 35 heavy (non-hydrogen) atoms. The summed E-state index contributed by atoms with van der Waals surface area (Å²) in [4.78, 5) is 17.3. The molecular formula is C23H19Cl3N8O. The molecule has 4 aromatic heterocycles. The van der Waals surface area contributed by atoms with Gasteiger partial charge < -0.3 is 5.32 Å².